The van der Waals surface area contributed by atoms with Gasteiger partial charge in [-0.05, 0) is 42.5 Å². The number of hydrogen-bond acceptors (Lipinski definition) is 1. The Labute approximate surface area is 123 Å². The Morgan fingerprint density at radius 3 is 2.45 bits per heavy atom. The zero-order chi connectivity index (χ0) is 14.2. The lowest BCUT2D eigenvalue weighted by atomic mass is 9.85. The van der Waals surface area contributed by atoms with Crippen molar-refractivity contribution < 1.29 is 4.39 Å². The highest BCUT2D eigenvalue weighted by atomic mass is 35.5. The summed E-state index contributed by atoms with van der Waals surface area (Å²) in [5.74, 6) is -0.381. The van der Waals surface area contributed by atoms with Crippen molar-refractivity contribution in [2.45, 2.75) is 30.7 Å². The van der Waals surface area contributed by atoms with Crippen molar-refractivity contribution in [1.29, 1.82) is 0 Å². The number of benzene rings is 2. The summed E-state index contributed by atoms with van der Waals surface area (Å²) in [6.07, 6.45) is 2.95. The van der Waals surface area contributed by atoms with Crippen molar-refractivity contribution in [3.63, 3.8) is 0 Å². The SMILES string of the molecule is NC(Cc1ccc(F)c(Cl)c1)C1(c2ccccc2)CC1. The monoisotopic (exact) mass is 289 g/mol. The van der Waals surface area contributed by atoms with Gasteiger partial charge in [-0.25, -0.2) is 4.39 Å². The maximum atomic E-state index is 13.2. The molecule has 20 heavy (non-hydrogen) atoms. The smallest absolute Gasteiger partial charge is 0.141 e. The van der Waals surface area contributed by atoms with Crippen LogP contribution in [0, 0.1) is 5.82 Å². The quantitative estimate of drug-likeness (QED) is 0.902. The molecule has 1 atom stereocenters. The van der Waals surface area contributed by atoms with Crippen LogP contribution < -0.4 is 5.73 Å². The van der Waals surface area contributed by atoms with E-state index in [0.29, 0.717) is 0 Å². The number of rotatable bonds is 4. The van der Waals surface area contributed by atoms with Gasteiger partial charge in [0.2, 0.25) is 0 Å². The standard InChI is InChI=1S/C17H17ClFN/c18-14-10-12(6-7-15(14)19)11-16(20)17(8-9-17)13-4-2-1-3-5-13/h1-7,10,16H,8-9,11,20H2. The maximum absolute atomic E-state index is 13.2. The predicted molar refractivity (Wildman–Crippen MR) is 80.4 cm³/mol. The highest BCUT2D eigenvalue weighted by Crippen LogP contribution is 2.50. The lowest BCUT2D eigenvalue weighted by Crippen LogP contribution is -2.36. The lowest BCUT2D eigenvalue weighted by molar-refractivity contribution is 0.513. The molecule has 0 aromatic heterocycles. The molecule has 2 aromatic rings. The van der Waals surface area contributed by atoms with Crippen LogP contribution in [-0.4, -0.2) is 6.04 Å². The molecule has 1 unspecified atom stereocenters. The summed E-state index contributed by atoms with van der Waals surface area (Å²) in [6, 6.07) is 15.3. The van der Waals surface area contributed by atoms with Crippen molar-refractivity contribution in [2.75, 3.05) is 0 Å². The third-order valence-electron chi connectivity index (χ3n) is 4.29. The Kier molecular flexibility index (Phi) is 3.53. The Morgan fingerprint density at radius 2 is 1.85 bits per heavy atom. The second-order valence-corrected chi connectivity index (χ2v) is 5.99. The van der Waals surface area contributed by atoms with Gasteiger partial charge in [-0.2, -0.15) is 0 Å². The molecule has 3 rings (SSSR count). The molecule has 1 aliphatic carbocycles. The van der Waals surface area contributed by atoms with Crippen LogP contribution >= 0.6 is 11.6 Å². The Bertz CT molecular complexity index is 608. The highest BCUT2D eigenvalue weighted by Gasteiger charge is 2.48. The molecular weight excluding hydrogens is 273 g/mol. The fraction of sp³-hybridized carbons (Fsp3) is 0.294. The van der Waals surface area contributed by atoms with Gasteiger partial charge in [0, 0.05) is 11.5 Å². The van der Waals surface area contributed by atoms with Gasteiger partial charge in [-0.1, -0.05) is 48.0 Å². The van der Waals surface area contributed by atoms with Gasteiger partial charge in [0.25, 0.3) is 0 Å². The van der Waals surface area contributed by atoms with Crippen LogP contribution in [0.25, 0.3) is 0 Å². The van der Waals surface area contributed by atoms with Gasteiger partial charge in [-0.3, -0.25) is 0 Å². The summed E-state index contributed by atoms with van der Waals surface area (Å²) in [5.41, 5.74) is 8.81. The molecule has 0 amide bonds. The van der Waals surface area contributed by atoms with E-state index in [2.05, 4.69) is 24.3 Å². The molecule has 104 valence electrons. The van der Waals surface area contributed by atoms with Crippen LogP contribution in [0.5, 0.6) is 0 Å². The summed E-state index contributed by atoms with van der Waals surface area (Å²) in [5, 5.41) is 0.166. The zero-order valence-electron chi connectivity index (χ0n) is 11.2. The van der Waals surface area contributed by atoms with E-state index in [1.807, 2.05) is 6.07 Å². The molecule has 0 bridgehead atoms. The minimum atomic E-state index is -0.381. The average Bonchev–Trinajstić information content (AvgIpc) is 3.26. The predicted octanol–water partition coefficient (Wildman–Crippen LogP) is 4.08. The van der Waals surface area contributed by atoms with E-state index in [9.17, 15) is 4.39 Å². The van der Waals surface area contributed by atoms with Crippen LogP contribution in [0.2, 0.25) is 5.02 Å². The van der Waals surface area contributed by atoms with Crippen LogP contribution in [0.3, 0.4) is 0 Å². The fourth-order valence-electron chi connectivity index (χ4n) is 2.89. The molecule has 2 aromatic carbocycles. The third-order valence-corrected chi connectivity index (χ3v) is 4.58. The molecule has 0 spiro atoms. The molecule has 0 radical (unpaired) electrons. The summed E-state index contributed by atoms with van der Waals surface area (Å²) >= 11 is 5.83. The molecule has 0 aliphatic heterocycles. The molecule has 1 aliphatic rings. The van der Waals surface area contributed by atoms with Crippen molar-refractivity contribution in [3.05, 3.63) is 70.5 Å². The van der Waals surface area contributed by atoms with Gasteiger partial charge >= 0.3 is 0 Å². The van der Waals surface area contributed by atoms with Crippen molar-refractivity contribution >= 4 is 11.6 Å². The molecule has 1 nitrogen and oxygen atoms in total. The maximum Gasteiger partial charge on any atom is 0.141 e. The lowest BCUT2D eigenvalue weighted by Gasteiger charge is -2.24. The van der Waals surface area contributed by atoms with E-state index in [0.717, 1.165) is 24.8 Å². The Hall–Kier alpha value is -1.38. The molecule has 0 heterocycles. The van der Waals surface area contributed by atoms with E-state index in [-0.39, 0.29) is 22.3 Å². The number of nitrogens with two attached hydrogens (primary N) is 1. The second-order valence-electron chi connectivity index (χ2n) is 5.58. The van der Waals surface area contributed by atoms with Crippen LogP contribution in [0.4, 0.5) is 4.39 Å². The summed E-state index contributed by atoms with van der Waals surface area (Å²) in [7, 11) is 0. The second kappa shape index (κ2) is 5.19. The van der Waals surface area contributed by atoms with E-state index in [4.69, 9.17) is 17.3 Å². The summed E-state index contributed by atoms with van der Waals surface area (Å²) < 4.78 is 13.2. The minimum Gasteiger partial charge on any atom is -0.327 e. The fourth-order valence-corrected chi connectivity index (χ4v) is 3.10. The first-order valence-electron chi connectivity index (χ1n) is 6.87. The Balaban J connectivity index is 1.79. The van der Waals surface area contributed by atoms with Gasteiger partial charge in [-0.15, -0.1) is 0 Å². The van der Waals surface area contributed by atoms with E-state index in [1.165, 1.54) is 11.6 Å². The van der Waals surface area contributed by atoms with Gasteiger partial charge in [0.05, 0.1) is 5.02 Å². The van der Waals surface area contributed by atoms with E-state index < -0.39 is 0 Å². The third kappa shape index (κ3) is 2.46. The first kappa shape index (κ1) is 13.6. The van der Waals surface area contributed by atoms with E-state index >= 15 is 0 Å². The van der Waals surface area contributed by atoms with Crippen molar-refractivity contribution in [1.82, 2.24) is 0 Å². The van der Waals surface area contributed by atoms with E-state index in [1.54, 1.807) is 12.1 Å². The molecular formula is C17H17ClFN. The summed E-state index contributed by atoms with van der Waals surface area (Å²) in [4.78, 5) is 0. The van der Waals surface area contributed by atoms with Crippen molar-refractivity contribution in [3.8, 4) is 0 Å². The van der Waals surface area contributed by atoms with Crippen LogP contribution in [0.1, 0.15) is 24.0 Å². The molecule has 0 saturated heterocycles. The molecule has 1 saturated carbocycles. The van der Waals surface area contributed by atoms with Crippen LogP contribution in [-0.2, 0) is 11.8 Å². The van der Waals surface area contributed by atoms with Gasteiger partial charge in [0.1, 0.15) is 5.82 Å². The normalized spacial score (nSPS) is 17.8. The summed E-state index contributed by atoms with van der Waals surface area (Å²) in [6.45, 7) is 0. The van der Waals surface area contributed by atoms with Gasteiger partial charge in [0.15, 0.2) is 0 Å². The highest BCUT2D eigenvalue weighted by molar-refractivity contribution is 6.30. The zero-order valence-corrected chi connectivity index (χ0v) is 11.9. The number of hydrogen-bond donors (Lipinski definition) is 1. The minimum absolute atomic E-state index is 0.0337. The molecule has 2 N–H and O–H groups in total. The van der Waals surface area contributed by atoms with Crippen molar-refractivity contribution in [2.24, 2.45) is 5.73 Å². The topological polar surface area (TPSA) is 26.0 Å². The Morgan fingerprint density at radius 1 is 1.15 bits per heavy atom. The first-order chi connectivity index (χ1) is 9.62. The number of halogens is 2. The first-order valence-corrected chi connectivity index (χ1v) is 7.25. The van der Waals surface area contributed by atoms with Crippen LogP contribution in [0.15, 0.2) is 48.5 Å². The average molecular weight is 290 g/mol. The largest absolute Gasteiger partial charge is 0.327 e. The molecule has 1 fully saturated rings. The van der Waals surface area contributed by atoms with Gasteiger partial charge < -0.3 is 5.73 Å². The molecule has 3 heteroatoms.